The molecule has 1 heterocycles. The van der Waals surface area contributed by atoms with Crippen LogP contribution in [0.4, 0.5) is 0 Å². The third kappa shape index (κ3) is 3.95. The number of hydrogen-bond acceptors (Lipinski definition) is 2. The van der Waals surface area contributed by atoms with Gasteiger partial charge < -0.3 is 9.88 Å². The molecule has 2 atom stereocenters. The SMILES string of the molecule is O=C(Cc1ccc(C2CC2NCC2CC2)cc1)c1ccc(-n2cccc2)cc1. The number of carbonyl (C=O) groups excluding carboxylic acids is 1. The molecule has 3 nitrogen and oxygen atoms in total. The van der Waals surface area contributed by atoms with Gasteiger partial charge in [-0.1, -0.05) is 24.3 Å². The normalized spacial score (nSPS) is 20.9. The second kappa shape index (κ2) is 7.40. The van der Waals surface area contributed by atoms with Crippen molar-refractivity contribution in [3.05, 3.63) is 89.7 Å². The van der Waals surface area contributed by atoms with Gasteiger partial charge in [-0.05, 0) is 79.3 Å². The first-order valence-corrected chi connectivity index (χ1v) is 10.3. The first kappa shape index (κ1) is 17.4. The van der Waals surface area contributed by atoms with Gasteiger partial charge in [-0.25, -0.2) is 0 Å². The van der Waals surface area contributed by atoms with Crippen LogP contribution in [0.2, 0.25) is 0 Å². The Labute approximate surface area is 166 Å². The molecule has 1 N–H and O–H groups in total. The average molecular weight is 370 g/mol. The number of rotatable bonds is 8. The lowest BCUT2D eigenvalue weighted by molar-refractivity contribution is 0.0993. The minimum Gasteiger partial charge on any atom is -0.324 e. The van der Waals surface area contributed by atoms with Gasteiger partial charge in [-0.3, -0.25) is 4.79 Å². The van der Waals surface area contributed by atoms with Crippen LogP contribution in [0.25, 0.3) is 5.69 Å². The molecule has 3 aromatic rings. The number of nitrogens with one attached hydrogen (secondary N) is 1. The smallest absolute Gasteiger partial charge is 0.167 e. The van der Waals surface area contributed by atoms with Crippen LogP contribution in [-0.4, -0.2) is 22.9 Å². The minimum atomic E-state index is 0.169. The molecule has 0 saturated heterocycles. The molecule has 1 aromatic heterocycles. The van der Waals surface area contributed by atoms with E-state index in [0.29, 0.717) is 18.4 Å². The maximum atomic E-state index is 12.6. The summed E-state index contributed by atoms with van der Waals surface area (Å²) < 4.78 is 2.04. The van der Waals surface area contributed by atoms with Gasteiger partial charge in [-0.15, -0.1) is 0 Å². The van der Waals surface area contributed by atoms with Crippen LogP contribution in [0, 0.1) is 5.92 Å². The van der Waals surface area contributed by atoms with E-state index < -0.39 is 0 Å². The van der Waals surface area contributed by atoms with Crippen molar-refractivity contribution in [2.45, 2.75) is 37.6 Å². The van der Waals surface area contributed by atoms with Crippen LogP contribution in [0.5, 0.6) is 0 Å². The number of aromatic nitrogens is 1. The van der Waals surface area contributed by atoms with Crippen molar-refractivity contribution < 1.29 is 4.79 Å². The van der Waals surface area contributed by atoms with E-state index in [1.165, 1.54) is 31.4 Å². The lowest BCUT2D eigenvalue weighted by Gasteiger charge is -2.07. The monoisotopic (exact) mass is 370 g/mol. The quantitative estimate of drug-likeness (QED) is 0.580. The first-order valence-electron chi connectivity index (χ1n) is 10.3. The minimum absolute atomic E-state index is 0.169. The third-order valence-corrected chi connectivity index (χ3v) is 6.02. The Bertz CT molecular complexity index is 937. The van der Waals surface area contributed by atoms with E-state index in [1.807, 2.05) is 53.4 Å². The highest BCUT2D eigenvalue weighted by molar-refractivity contribution is 5.97. The van der Waals surface area contributed by atoms with Crippen LogP contribution in [0.1, 0.15) is 46.7 Å². The Morgan fingerprint density at radius 2 is 1.68 bits per heavy atom. The van der Waals surface area contributed by atoms with E-state index in [1.54, 1.807) is 0 Å². The Balaban J connectivity index is 1.17. The van der Waals surface area contributed by atoms with Crippen LogP contribution >= 0.6 is 0 Å². The van der Waals surface area contributed by atoms with Crippen molar-refractivity contribution in [3.63, 3.8) is 0 Å². The molecule has 142 valence electrons. The predicted molar refractivity (Wildman–Crippen MR) is 112 cm³/mol. The van der Waals surface area contributed by atoms with Crippen LogP contribution < -0.4 is 5.32 Å². The molecule has 2 unspecified atom stereocenters. The van der Waals surface area contributed by atoms with Crippen molar-refractivity contribution in [2.24, 2.45) is 5.92 Å². The maximum absolute atomic E-state index is 12.6. The summed E-state index contributed by atoms with van der Waals surface area (Å²) in [5.74, 6) is 1.76. The molecule has 0 radical (unpaired) electrons. The number of carbonyl (C=O) groups is 1. The van der Waals surface area contributed by atoms with Gasteiger partial charge in [0.25, 0.3) is 0 Å². The van der Waals surface area contributed by atoms with E-state index in [4.69, 9.17) is 0 Å². The van der Waals surface area contributed by atoms with Crippen LogP contribution in [0.15, 0.2) is 73.1 Å². The van der Waals surface area contributed by atoms with Crippen molar-refractivity contribution in [2.75, 3.05) is 6.54 Å². The Kier molecular flexibility index (Phi) is 4.61. The van der Waals surface area contributed by atoms with E-state index in [-0.39, 0.29) is 5.78 Å². The zero-order chi connectivity index (χ0) is 18.9. The van der Waals surface area contributed by atoms with Gasteiger partial charge in [0.15, 0.2) is 5.78 Å². The largest absolute Gasteiger partial charge is 0.324 e. The maximum Gasteiger partial charge on any atom is 0.167 e. The van der Waals surface area contributed by atoms with Crippen LogP contribution in [0.3, 0.4) is 0 Å². The van der Waals surface area contributed by atoms with E-state index in [0.717, 1.165) is 22.7 Å². The van der Waals surface area contributed by atoms with Gasteiger partial charge in [0.1, 0.15) is 0 Å². The van der Waals surface area contributed by atoms with Crippen molar-refractivity contribution in [1.82, 2.24) is 9.88 Å². The summed E-state index contributed by atoms with van der Waals surface area (Å²) in [5, 5.41) is 3.69. The highest BCUT2D eigenvalue weighted by atomic mass is 16.1. The first-order chi connectivity index (χ1) is 13.8. The number of Topliss-reactive ketones (excluding diaryl/α,β-unsaturated/α-hetero) is 1. The fourth-order valence-electron chi connectivity index (χ4n) is 3.93. The molecule has 2 aliphatic carbocycles. The second-order valence-corrected chi connectivity index (χ2v) is 8.28. The molecule has 2 aliphatic rings. The number of benzene rings is 2. The molecule has 0 amide bonds. The summed E-state index contributed by atoms with van der Waals surface area (Å²) in [7, 11) is 0. The zero-order valence-corrected chi connectivity index (χ0v) is 16.1. The summed E-state index contributed by atoms with van der Waals surface area (Å²) in [6.07, 6.45) is 8.52. The molecular weight excluding hydrogens is 344 g/mol. The van der Waals surface area contributed by atoms with E-state index in [2.05, 4.69) is 29.6 Å². The summed E-state index contributed by atoms with van der Waals surface area (Å²) in [6.45, 7) is 1.19. The Hall–Kier alpha value is -2.65. The number of nitrogens with zero attached hydrogens (tertiary/aromatic N) is 1. The topological polar surface area (TPSA) is 34.0 Å². The predicted octanol–water partition coefficient (Wildman–Crippen LogP) is 4.76. The van der Waals surface area contributed by atoms with Crippen molar-refractivity contribution in [3.8, 4) is 5.69 Å². The molecular formula is C25H26N2O. The Morgan fingerprint density at radius 1 is 0.964 bits per heavy atom. The molecule has 3 heteroatoms. The molecule has 28 heavy (non-hydrogen) atoms. The molecule has 2 fully saturated rings. The Morgan fingerprint density at radius 3 is 2.36 bits per heavy atom. The van der Waals surface area contributed by atoms with E-state index in [9.17, 15) is 4.79 Å². The van der Waals surface area contributed by atoms with Gasteiger partial charge in [0, 0.05) is 42.0 Å². The molecule has 0 bridgehead atoms. The number of hydrogen-bond donors (Lipinski definition) is 1. The average Bonchev–Trinajstić information content (AvgIpc) is 3.64. The molecule has 0 spiro atoms. The summed E-state index contributed by atoms with van der Waals surface area (Å²) >= 11 is 0. The zero-order valence-electron chi connectivity index (χ0n) is 16.1. The highest BCUT2D eigenvalue weighted by Gasteiger charge is 2.38. The van der Waals surface area contributed by atoms with Gasteiger partial charge in [0.2, 0.25) is 0 Å². The molecule has 2 aromatic carbocycles. The lowest BCUT2D eigenvalue weighted by atomic mass is 10.0. The summed E-state index contributed by atoms with van der Waals surface area (Å²) in [4.78, 5) is 12.6. The molecule has 0 aliphatic heterocycles. The summed E-state index contributed by atoms with van der Waals surface area (Å²) in [6, 6.07) is 21.2. The van der Waals surface area contributed by atoms with Gasteiger partial charge >= 0.3 is 0 Å². The lowest BCUT2D eigenvalue weighted by Crippen LogP contribution is -2.20. The van der Waals surface area contributed by atoms with Crippen molar-refractivity contribution >= 4 is 5.78 Å². The molecule has 2 saturated carbocycles. The fraction of sp³-hybridized carbons (Fsp3) is 0.320. The molecule has 5 rings (SSSR count). The standard InChI is InChI=1S/C25H26N2O/c28-25(21-9-11-22(12-10-21)27-13-1-2-14-27)15-18-5-7-20(8-6-18)23-16-24(23)26-17-19-3-4-19/h1-2,5-14,19,23-24,26H,3-4,15-17H2. The fourth-order valence-corrected chi connectivity index (χ4v) is 3.93. The van der Waals surface area contributed by atoms with Crippen LogP contribution in [-0.2, 0) is 6.42 Å². The highest BCUT2D eigenvalue weighted by Crippen LogP contribution is 2.41. The second-order valence-electron chi connectivity index (χ2n) is 8.28. The van der Waals surface area contributed by atoms with E-state index >= 15 is 0 Å². The third-order valence-electron chi connectivity index (χ3n) is 6.02. The van der Waals surface area contributed by atoms with Gasteiger partial charge in [-0.2, -0.15) is 0 Å². The summed E-state index contributed by atoms with van der Waals surface area (Å²) in [5.41, 5.74) is 4.33. The van der Waals surface area contributed by atoms with Crippen molar-refractivity contribution in [1.29, 1.82) is 0 Å². The number of ketones is 1. The van der Waals surface area contributed by atoms with Gasteiger partial charge in [0.05, 0.1) is 0 Å².